The van der Waals surface area contributed by atoms with Gasteiger partial charge in [-0.15, -0.1) is 0 Å². The van der Waals surface area contributed by atoms with Crippen molar-refractivity contribution in [3.8, 4) is 5.75 Å². The second-order valence-electron chi connectivity index (χ2n) is 9.19. The number of sulfone groups is 1. The lowest BCUT2D eigenvalue weighted by molar-refractivity contribution is -0.222. The van der Waals surface area contributed by atoms with E-state index >= 15 is 4.39 Å². The Kier molecular flexibility index (Phi) is 5.67. The van der Waals surface area contributed by atoms with Crippen molar-refractivity contribution in [3.63, 3.8) is 0 Å². The number of Topliss-reactive ketones (excluding diaryl/α,β-unsaturated/α-hetero) is 1. The van der Waals surface area contributed by atoms with Crippen LogP contribution >= 0.6 is 0 Å². The molecule has 2 aliphatic heterocycles. The van der Waals surface area contributed by atoms with Gasteiger partial charge in [0.25, 0.3) is 5.56 Å². The number of fused-ring (bicyclic) bond motifs is 2. The number of nitrogens with one attached hydrogen (secondary N) is 1. The molecule has 0 aliphatic carbocycles. The Labute approximate surface area is 209 Å². The van der Waals surface area contributed by atoms with Crippen molar-refractivity contribution >= 4 is 32.7 Å². The number of aromatic amines is 1. The van der Waals surface area contributed by atoms with Gasteiger partial charge in [0.05, 0.1) is 18.3 Å². The monoisotopic (exact) mass is 537 g/mol. The quantitative estimate of drug-likeness (QED) is 0.456. The van der Waals surface area contributed by atoms with Gasteiger partial charge in [-0.2, -0.15) is 4.98 Å². The van der Waals surface area contributed by atoms with Crippen LogP contribution in [0.25, 0.3) is 11.2 Å². The number of hydrogen-bond acceptors (Lipinski definition) is 11. The molecule has 3 aromatic rings. The predicted molar refractivity (Wildman–Crippen MR) is 125 cm³/mol. The van der Waals surface area contributed by atoms with Gasteiger partial charge >= 0.3 is 0 Å². The van der Waals surface area contributed by atoms with Gasteiger partial charge in [0, 0.05) is 0 Å². The van der Waals surface area contributed by atoms with Gasteiger partial charge in [-0.1, -0.05) is 0 Å². The maximum Gasteiger partial charge on any atom is 0.280 e. The zero-order chi connectivity index (χ0) is 26.9. The van der Waals surface area contributed by atoms with Crippen LogP contribution in [0.4, 0.5) is 10.3 Å². The first kappa shape index (κ1) is 25.3. The van der Waals surface area contributed by atoms with Gasteiger partial charge in [-0.25, -0.2) is 17.8 Å². The average molecular weight is 538 g/mol. The average Bonchev–Trinajstić information content (AvgIpc) is 3.48. The number of ether oxygens (including phenoxy) is 4. The summed E-state index contributed by atoms with van der Waals surface area (Å²) in [6, 6.07) is 5.03. The zero-order valence-corrected chi connectivity index (χ0v) is 21.0. The molecular weight excluding hydrogens is 513 g/mol. The summed E-state index contributed by atoms with van der Waals surface area (Å²) in [5.74, 6) is -2.13. The number of imidazole rings is 1. The molecule has 3 N–H and O–H groups in total. The topological polar surface area (TPSA) is 178 Å². The van der Waals surface area contributed by atoms with E-state index in [0.717, 1.165) is 19.1 Å². The maximum absolute atomic E-state index is 16.4. The zero-order valence-electron chi connectivity index (χ0n) is 20.2. The number of rotatable bonds is 6. The van der Waals surface area contributed by atoms with Crippen LogP contribution in [0.1, 0.15) is 27.0 Å². The minimum absolute atomic E-state index is 0.0360. The number of aromatic nitrogens is 4. The molecule has 0 bridgehead atoms. The Morgan fingerprint density at radius 3 is 2.54 bits per heavy atom. The molecule has 2 fully saturated rings. The van der Waals surface area contributed by atoms with Gasteiger partial charge in [0.15, 0.2) is 29.0 Å². The Hall–Kier alpha value is -3.40. The first-order chi connectivity index (χ1) is 17.3. The van der Waals surface area contributed by atoms with Crippen LogP contribution in [0.2, 0.25) is 0 Å². The van der Waals surface area contributed by atoms with E-state index in [1.165, 1.54) is 44.0 Å². The van der Waals surface area contributed by atoms with E-state index in [2.05, 4.69) is 15.0 Å². The van der Waals surface area contributed by atoms with Crippen LogP contribution in [-0.2, 0) is 28.8 Å². The van der Waals surface area contributed by atoms with Crippen molar-refractivity contribution in [2.75, 3.05) is 12.8 Å². The highest BCUT2D eigenvalue weighted by Crippen LogP contribution is 2.52. The molecule has 15 heteroatoms. The highest BCUT2D eigenvalue weighted by molar-refractivity contribution is 7.92. The molecule has 5 atom stereocenters. The number of ketones is 1. The number of methoxy groups -OCH3 is 1. The fourth-order valence-electron chi connectivity index (χ4n) is 4.75. The first-order valence-electron chi connectivity index (χ1n) is 11.1. The summed E-state index contributed by atoms with van der Waals surface area (Å²) in [6.07, 6.45) is -2.82. The standard InChI is InChI=1S/C22H24FN5O8S/c1-10(29)22(19(23)37(31,32)12-7-5-11(33-4)6-8-12)15-14(34-21(2,3)35-15)18(36-22)28-9-25-13-16(28)26-20(24)27-17(13)30/h5-9,14-15,18-19H,1-4H3,(H3,24,26,27,30)/t14-,15+,18-,19?,22+/m1/s1. The minimum atomic E-state index is -4.79. The lowest BCUT2D eigenvalue weighted by atomic mass is 9.92. The third-order valence-electron chi connectivity index (χ3n) is 6.42. The minimum Gasteiger partial charge on any atom is -0.497 e. The summed E-state index contributed by atoms with van der Waals surface area (Å²) in [7, 11) is -3.40. The van der Waals surface area contributed by atoms with Crippen LogP contribution in [0.15, 0.2) is 40.3 Å². The van der Waals surface area contributed by atoms with Crippen molar-refractivity contribution in [1.82, 2.24) is 19.5 Å². The molecule has 0 spiro atoms. The normalized spacial score (nSPS) is 27.8. The molecule has 37 heavy (non-hydrogen) atoms. The molecule has 198 valence electrons. The number of alkyl halides is 1. The van der Waals surface area contributed by atoms with Crippen LogP contribution in [-0.4, -0.2) is 69.9 Å². The third-order valence-corrected chi connectivity index (χ3v) is 8.25. The fraction of sp³-hybridized carbons (Fsp3) is 0.455. The Morgan fingerprint density at radius 1 is 1.24 bits per heavy atom. The van der Waals surface area contributed by atoms with E-state index in [-0.39, 0.29) is 17.1 Å². The number of nitrogens with two attached hydrogens (primary N) is 1. The molecule has 2 aromatic heterocycles. The lowest BCUT2D eigenvalue weighted by Gasteiger charge is -2.34. The van der Waals surface area contributed by atoms with Gasteiger partial charge in [-0.3, -0.25) is 19.1 Å². The molecule has 0 radical (unpaired) electrons. The molecule has 4 heterocycles. The number of hydrogen-bond donors (Lipinski definition) is 2. The van der Waals surface area contributed by atoms with Crippen LogP contribution in [0.3, 0.4) is 0 Å². The van der Waals surface area contributed by atoms with Crippen molar-refractivity contribution in [3.05, 3.63) is 40.9 Å². The van der Waals surface area contributed by atoms with E-state index in [1.54, 1.807) is 0 Å². The smallest absolute Gasteiger partial charge is 0.280 e. The van der Waals surface area contributed by atoms with E-state index < -0.39 is 61.4 Å². The largest absolute Gasteiger partial charge is 0.497 e. The van der Waals surface area contributed by atoms with E-state index in [1.807, 2.05) is 0 Å². The van der Waals surface area contributed by atoms with E-state index in [9.17, 15) is 18.0 Å². The van der Waals surface area contributed by atoms with Crippen molar-refractivity contribution < 1.29 is 36.6 Å². The number of nitrogens with zero attached hydrogens (tertiary/aromatic N) is 3. The lowest BCUT2D eigenvalue weighted by Crippen LogP contribution is -2.58. The first-order valence-corrected chi connectivity index (χ1v) is 12.7. The number of carbonyl (C=O) groups is 1. The molecule has 2 aliphatic rings. The Morgan fingerprint density at radius 2 is 1.92 bits per heavy atom. The number of nitrogen functional groups attached to an aromatic ring is 1. The van der Waals surface area contributed by atoms with E-state index in [4.69, 9.17) is 24.7 Å². The van der Waals surface area contributed by atoms with Gasteiger partial charge in [0.2, 0.25) is 26.9 Å². The van der Waals surface area contributed by atoms with E-state index in [0.29, 0.717) is 5.75 Å². The molecule has 2 saturated heterocycles. The predicted octanol–water partition coefficient (Wildman–Crippen LogP) is 0.857. The summed E-state index contributed by atoms with van der Waals surface area (Å²) >= 11 is 0. The van der Waals surface area contributed by atoms with Gasteiger partial charge in [-0.05, 0) is 45.0 Å². The maximum atomic E-state index is 16.4. The summed E-state index contributed by atoms with van der Waals surface area (Å²) in [5, 5.41) is 0. The summed E-state index contributed by atoms with van der Waals surface area (Å²) in [6.45, 7) is 4.08. The number of carbonyl (C=O) groups excluding carboxylic acids is 1. The second kappa shape index (κ2) is 8.31. The Balaban J connectivity index is 1.66. The highest BCUT2D eigenvalue weighted by atomic mass is 32.2. The third kappa shape index (κ3) is 3.72. The summed E-state index contributed by atoms with van der Waals surface area (Å²) in [5.41, 5.74) is -0.612. The van der Waals surface area contributed by atoms with Crippen LogP contribution in [0.5, 0.6) is 5.75 Å². The number of anilines is 1. The molecule has 0 amide bonds. The molecule has 5 rings (SSSR count). The number of H-pyrrole nitrogens is 1. The van der Waals surface area contributed by atoms with Crippen LogP contribution in [0, 0.1) is 0 Å². The van der Waals surface area contributed by atoms with Crippen molar-refractivity contribution in [1.29, 1.82) is 0 Å². The van der Waals surface area contributed by atoms with Crippen LogP contribution < -0.4 is 16.0 Å². The molecule has 0 saturated carbocycles. The molecule has 1 unspecified atom stereocenters. The molecule has 1 aromatic carbocycles. The number of benzene rings is 1. The number of halogens is 1. The molecule has 13 nitrogen and oxygen atoms in total. The fourth-order valence-corrected chi connectivity index (χ4v) is 6.32. The van der Waals surface area contributed by atoms with Gasteiger partial charge in [0.1, 0.15) is 18.0 Å². The SMILES string of the molecule is COc1ccc(S(=O)(=O)C(F)[C@@]2(C(C)=O)O[C@@H](n3cnc4c(=O)[nH]c(N)nc43)[C@@H]3OC(C)(C)O[C@@H]32)cc1. The summed E-state index contributed by atoms with van der Waals surface area (Å²) in [4.78, 5) is 35.4. The second-order valence-corrected chi connectivity index (χ2v) is 11.2. The molecular formula is C22H24FN5O8S. The summed E-state index contributed by atoms with van der Waals surface area (Å²) < 4.78 is 67.3. The van der Waals surface area contributed by atoms with Crippen molar-refractivity contribution in [2.45, 2.75) is 61.0 Å². The van der Waals surface area contributed by atoms with Gasteiger partial charge < -0.3 is 24.7 Å². The highest BCUT2D eigenvalue weighted by Gasteiger charge is 2.71. The Bertz CT molecular complexity index is 1550. The van der Waals surface area contributed by atoms with Crippen molar-refractivity contribution in [2.24, 2.45) is 0 Å².